The molecule has 0 aromatic heterocycles. The van der Waals surface area contributed by atoms with E-state index in [4.69, 9.17) is 25.3 Å². The Morgan fingerprint density at radius 3 is 1.03 bits per heavy atom. The van der Waals surface area contributed by atoms with Crippen LogP contribution in [0.3, 0.4) is 0 Å². The van der Waals surface area contributed by atoms with Crippen molar-refractivity contribution in [3.8, 4) is 0 Å². The fourth-order valence-electron chi connectivity index (χ4n) is 10.6. The maximum Gasteiger partial charge on any atom is 4.00 e. The maximum atomic E-state index is 11.2. The van der Waals surface area contributed by atoms with Gasteiger partial charge in [-0.25, -0.2) is 0 Å². The maximum absolute atomic E-state index is 11.2. The monoisotopic (exact) mass is 1000 g/mol. The molecule has 0 N–H and O–H groups in total. The van der Waals surface area contributed by atoms with Gasteiger partial charge in [0.15, 0.2) is 0 Å². The summed E-state index contributed by atoms with van der Waals surface area (Å²) in [4.78, 5) is 26.8. The third-order valence-electron chi connectivity index (χ3n) is 13.6. The number of rotatable bonds is 6. The van der Waals surface area contributed by atoms with Crippen molar-refractivity contribution < 1.29 is 46.0 Å². The van der Waals surface area contributed by atoms with Crippen LogP contribution in [-0.4, -0.2) is 22.4 Å². The van der Waals surface area contributed by atoms with Gasteiger partial charge >= 0.3 is 26.2 Å². The van der Waals surface area contributed by atoms with Crippen molar-refractivity contribution >= 4 is 104 Å². The van der Waals surface area contributed by atoms with E-state index in [0.29, 0.717) is 34.2 Å². The molecule has 4 aliphatic carbocycles. The molecular formula is C56H48O4S4Zr. The zero-order valence-corrected chi connectivity index (χ0v) is 41.5. The summed E-state index contributed by atoms with van der Waals surface area (Å²) >= 11 is 13.8. The standard InChI is InChI=1S/2C18H18O2S.2C10H8S.Zr/c2*19-18(20)16-8-11-7-15(16)17(9-11)21-14-6-5-12-3-1-2-4-13(12)10-14;2*11-10-6-5-8-3-1-2-4-9(8)7-10;/h2*1-6,10-11,15-17H,7-9H2,(H,19,20);2*1-7,11H;/q;;;;+4/p-4. The Kier molecular flexibility index (Phi) is 15.7. The van der Waals surface area contributed by atoms with E-state index in [0.717, 1.165) is 48.3 Å². The zero-order valence-electron chi connectivity index (χ0n) is 35.8. The second kappa shape index (κ2) is 21.6. The number of carbonyl (C=O) groups is 2. The van der Waals surface area contributed by atoms with Crippen molar-refractivity contribution in [1.29, 1.82) is 0 Å². The second-order valence-electron chi connectivity index (χ2n) is 17.7. The van der Waals surface area contributed by atoms with E-state index >= 15 is 0 Å². The van der Waals surface area contributed by atoms with Crippen molar-refractivity contribution in [3.63, 3.8) is 0 Å². The van der Waals surface area contributed by atoms with Crippen LogP contribution in [0, 0.1) is 35.5 Å². The van der Waals surface area contributed by atoms with Crippen LogP contribution >= 0.6 is 23.5 Å². The summed E-state index contributed by atoms with van der Waals surface area (Å²) in [7, 11) is 0. The quantitative estimate of drug-likeness (QED) is 0.152. The average Bonchev–Trinajstić information content (AvgIpc) is 4.12. The van der Waals surface area contributed by atoms with E-state index in [1.165, 1.54) is 52.9 Å². The van der Waals surface area contributed by atoms with Gasteiger partial charge in [0.25, 0.3) is 0 Å². The van der Waals surface area contributed by atoms with Crippen LogP contribution in [0.1, 0.15) is 38.5 Å². The zero-order chi connectivity index (χ0) is 44.2. The minimum absolute atomic E-state index is 0. The average molecular weight is 1000 g/mol. The van der Waals surface area contributed by atoms with Gasteiger partial charge in [-0.05, 0) is 130 Å². The van der Waals surface area contributed by atoms with Crippen molar-refractivity contribution in [2.45, 2.75) is 68.6 Å². The normalized spacial score (nSPS) is 23.4. The number of fused-ring (bicyclic) bond motifs is 8. The molecule has 4 saturated carbocycles. The summed E-state index contributed by atoms with van der Waals surface area (Å²) in [6.07, 6.45) is 6.13. The molecule has 0 heterocycles. The van der Waals surface area contributed by atoms with Crippen LogP contribution in [0.5, 0.6) is 0 Å². The molecular weight excluding hydrogens is 956 g/mol. The predicted octanol–water partition coefficient (Wildman–Crippen LogP) is 11.7. The largest absolute Gasteiger partial charge is 4.00 e. The molecule has 0 saturated heterocycles. The molecule has 4 nitrogen and oxygen atoms in total. The Morgan fingerprint density at radius 2 is 0.708 bits per heavy atom. The Bertz CT molecular complexity index is 2740. The first-order valence-corrected chi connectivity index (χ1v) is 24.8. The van der Waals surface area contributed by atoms with Crippen LogP contribution in [0.25, 0.3) is 43.1 Å². The Morgan fingerprint density at radius 1 is 0.400 bits per heavy atom. The van der Waals surface area contributed by atoms with Gasteiger partial charge in [-0.15, -0.1) is 23.5 Å². The smallest absolute Gasteiger partial charge is 0.780 e. The Labute approximate surface area is 420 Å². The van der Waals surface area contributed by atoms with Crippen molar-refractivity contribution in [3.05, 3.63) is 170 Å². The molecule has 0 aliphatic heterocycles. The molecule has 8 aromatic carbocycles. The van der Waals surface area contributed by atoms with Crippen molar-refractivity contribution in [2.75, 3.05) is 0 Å². The molecule has 0 spiro atoms. The van der Waals surface area contributed by atoms with E-state index in [2.05, 4.69) is 121 Å². The Balaban J connectivity index is 0.000000123. The fraction of sp³-hybridized carbons (Fsp3) is 0.250. The van der Waals surface area contributed by atoms with Crippen LogP contribution in [-0.2, 0) is 61.1 Å². The minimum atomic E-state index is -0.841. The molecule has 0 radical (unpaired) electrons. The molecule has 4 fully saturated rings. The molecule has 65 heavy (non-hydrogen) atoms. The van der Waals surface area contributed by atoms with E-state index in [1.54, 1.807) is 0 Å². The van der Waals surface area contributed by atoms with Gasteiger partial charge in [-0.1, -0.05) is 146 Å². The number of hydrogen-bond donors (Lipinski definition) is 0. The van der Waals surface area contributed by atoms with Gasteiger partial charge in [0.1, 0.15) is 0 Å². The third kappa shape index (κ3) is 11.5. The van der Waals surface area contributed by atoms with Crippen LogP contribution in [0.15, 0.2) is 189 Å². The summed E-state index contributed by atoms with van der Waals surface area (Å²) in [5.74, 6) is -0.333. The first-order valence-electron chi connectivity index (χ1n) is 22.2. The molecule has 4 bridgehead atoms. The molecule has 0 amide bonds. The van der Waals surface area contributed by atoms with E-state index < -0.39 is 11.9 Å². The molecule has 8 atom stereocenters. The third-order valence-corrected chi connectivity index (χ3v) is 16.8. The number of thioether (sulfide) groups is 2. The molecule has 8 aromatic rings. The van der Waals surface area contributed by atoms with Gasteiger partial charge < -0.3 is 45.1 Å². The van der Waals surface area contributed by atoms with Gasteiger partial charge in [-0.3, -0.25) is 0 Å². The number of aliphatic carboxylic acids is 2. The van der Waals surface area contributed by atoms with E-state index in [-0.39, 0.29) is 38.0 Å². The van der Waals surface area contributed by atoms with Crippen molar-refractivity contribution in [1.82, 2.24) is 0 Å². The van der Waals surface area contributed by atoms with Gasteiger partial charge in [0.05, 0.1) is 0 Å². The topological polar surface area (TPSA) is 80.3 Å². The van der Waals surface area contributed by atoms with Gasteiger partial charge in [-0.2, -0.15) is 9.79 Å². The van der Waals surface area contributed by atoms with Gasteiger partial charge in [0, 0.05) is 44.1 Å². The second-order valence-corrected chi connectivity index (χ2v) is 21.2. The summed E-state index contributed by atoms with van der Waals surface area (Å²) in [6, 6.07) is 58.3. The SMILES string of the molecule is O=C([O-])C1CC2CC(Sc3ccc4ccccc4c3)C1C2.O=C([O-])C1CC2CC(Sc3ccc4ccccc4c3)C1C2.[S-]c1ccc2ccccc2c1.[S-]c1ccc2ccccc2c1.[Zr+4]. The number of carboxylic acids is 2. The summed E-state index contributed by atoms with van der Waals surface area (Å²) in [5.41, 5.74) is 0. The van der Waals surface area contributed by atoms with Gasteiger partial charge in [0.2, 0.25) is 0 Å². The minimum Gasteiger partial charge on any atom is -0.780 e. The molecule has 8 unspecified atom stereocenters. The molecule has 324 valence electrons. The summed E-state index contributed by atoms with van der Waals surface area (Å²) < 4.78 is 0. The molecule has 12 rings (SSSR count). The van der Waals surface area contributed by atoms with E-state index in [9.17, 15) is 19.8 Å². The van der Waals surface area contributed by atoms with Crippen molar-refractivity contribution in [2.24, 2.45) is 35.5 Å². The number of carbonyl (C=O) groups excluding carboxylic acids is 2. The van der Waals surface area contributed by atoms with Crippen LogP contribution in [0.4, 0.5) is 0 Å². The summed E-state index contributed by atoms with van der Waals surface area (Å²) in [5, 5.41) is 33.3. The Hall–Kier alpha value is -4.24. The predicted molar refractivity (Wildman–Crippen MR) is 265 cm³/mol. The van der Waals surface area contributed by atoms with Crippen LogP contribution in [0.2, 0.25) is 0 Å². The van der Waals surface area contributed by atoms with E-state index in [1.807, 2.05) is 72.1 Å². The number of hydrogen-bond acceptors (Lipinski definition) is 8. The summed E-state index contributed by atoms with van der Waals surface area (Å²) in [6.45, 7) is 0. The molecule has 4 aliphatic rings. The number of benzene rings is 8. The molecule has 9 heteroatoms. The first-order chi connectivity index (χ1) is 31.1. The fourth-order valence-corrected chi connectivity index (χ4v) is 14.0. The first kappa shape index (κ1) is 47.3. The van der Waals surface area contributed by atoms with Crippen LogP contribution < -0.4 is 10.2 Å². The number of carboxylic acid groups (broad SMARTS) is 2.